The molecule has 150 valence electrons. The summed E-state index contributed by atoms with van der Waals surface area (Å²) in [6, 6.07) is 18.8. The number of carbonyl (C=O) groups is 1. The molecule has 0 aliphatic carbocycles. The van der Waals surface area contributed by atoms with Crippen molar-refractivity contribution in [1.82, 2.24) is 4.90 Å². The van der Waals surface area contributed by atoms with Crippen molar-refractivity contribution in [3.63, 3.8) is 0 Å². The average Bonchev–Trinajstić information content (AvgIpc) is 2.75. The van der Waals surface area contributed by atoms with Gasteiger partial charge in [0.25, 0.3) is 0 Å². The fourth-order valence-electron chi connectivity index (χ4n) is 3.97. The van der Waals surface area contributed by atoms with E-state index in [0.29, 0.717) is 13.0 Å². The lowest BCUT2D eigenvalue weighted by Crippen LogP contribution is -2.48. The minimum Gasteiger partial charge on any atom is -0.492 e. The van der Waals surface area contributed by atoms with Gasteiger partial charge >= 0.3 is 0 Å². The van der Waals surface area contributed by atoms with Crippen LogP contribution in [0.1, 0.15) is 38.7 Å². The molecule has 1 aliphatic heterocycles. The number of likely N-dealkylation sites (tertiary alicyclic amines) is 1. The molecule has 1 fully saturated rings. The third-order valence-corrected chi connectivity index (χ3v) is 5.48. The fourth-order valence-corrected chi connectivity index (χ4v) is 3.97. The molecule has 2 aromatic rings. The number of anilines is 1. The molecule has 0 atom stereocenters. The molecule has 1 saturated heterocycles. The molecular formula is C24H32N2O2. The van der Waals surface area contributed by atoms with Crippen LogP contribution < -0.4 is 9.64 Å². The van der Waals surface area contributed by atoms with Crippen LogP contribution in [0.25, 0.3) is 0 Å². The van der Waals surface area contributed by atoms with Crippen molar-refractivity contribution < 1.29 is 9.53 Å². The van der Waals surface area contributed by atoms with Crippen LogP contribution in [0.5, 0.6) is 5.75 Å². The minimum atomic E-state index is 0.176. The number of carbonyl (C=O) groups excluding carboxylic acids is 1. The number of ether oxygens (including phenoxy) is 1. The first-order chi connectivity index (χ1) is 13.7. The van der Waals surface area contributed by atoms with E-state index in [2.05, 4.69) is 35.2 Å². The SMILES string of the molecule is CCOc1ccccc1N(C(=O)CC)C1CCN(CCc2ccccc2)CC1. The van der Waals surface area contributed by atoms with Crippen LogP contribution in [-0.4, -0.2) is 43.1 Å². The first-order valence-electron chi connectivity index (χ1n) is 10.5. The Morgan fingerprint density at radius 3 is 2.39 bits per heavy atom. The number of piperidine rings is 1. The summed E-state index contributed by atoms with van der Waals surface area (Å²) in [5.74, 6) is 0.980. The Morgan fingerprint density at radius 1 is 1.04 bits per heavy atom. The van der Waals surface area contributed by atoms with E-state index in [1.807, 2.05) is 43.0 Å². The maximum absolute atomic E-state index is 12.8. The molecule has 2 aromatic carbocycles. The van der Waals surface area contributed by atoms with Crippen molar-refractivity contribution in [2.45, 2.75) is 45.6 Å². The third-order valence-electron chi connectivity index (χ3n) is 5.48. The number of benzene rings is 2. The number of hydrogen-bond acceptors (Lipinski definition) is 3. The highest BCUT2D eigenvalue weighted by molar-refractivity contribution is 5.95. The summed E-state index contributed by atoms with van der Waals surface area (Å²) in [5, 5.41) is 0. The normalized spacial score (nSPS) is 15.4. The molecule has 1 heterocycles. The number of amides is 1. The largest absolute Gasteiger partial charge is 0.492 e. The van der Waals surface area contributed by atoms with E-state index >= 15 is 0 Å². The first-order valence-corrected chi connectivity index (χ1v) is 10.5. The lowest BCUT2D eigenvalue weighted by Gasteiger charge is -2.39. The lowest BCUT2D eigenvalue weighted by molar-refractivity contribution is -0.119. The van der Waals surface area contributed by atoms with Crippen molar-refractivity contribution in [3.05, 3.63) is 60.2 Å². The van der Waals surface area contributed by atoms with Gasteiger partial charge in [0, 0.05) is 32.1 Å². The van der Waals surface area contributed by atoms with Crippen LogP contribution in [0.3, 0.4) is 0 Å². The second kappa shape index (κ2) is 10.3. The van der Waals surface area contributed by atoms with Crippen molar-refractivity contribution in [1.29, 1.82) is 0 Å². The van der Waals surface area contributed by atoms with E-state index < -0.39 is 0 Å². The third kappa shape index (κ3) is 5.14. The summed E-state index contributed by atoms with van der Waals surface area (Å²) in [6.07, 6.45) is 3.59. The standard InChI is InChI=1S/C24H32N2O2/c1-3-24(27)26(22-12-8-9-13-23(22)28-4-2)21-15-18-25(19-16-21)17-14-20-10-6-5-7-11-20/h5-13,21H,3-4,14-19H2,1-2H3. The van der Waals surface area contributed by atoms with E-state index in [4.69, 9.17) is 4.74 Å². The molecule has 1 amide bonds. The molecule has 0 bridgehead atoms. The Hall–Kier alpha value is -2.33. The van der Waals surface area contributed by atoms with Crippen LogP contribution >= 0.6 is 0 Å². The molecule has 0 radical (unpaired) electrons. The van der Waals surface area contributed by atoms with E-state index in [1.165, 1.54) is 5.56 Å². The van der Waals surface area contributed by atoms with Gasteiger partial charge in [-0.15, -0.1) is 0 Å². The van der Waals surface area contributed by atoms with Crippen LogP contribution in [0, 0.1) is 0 Å². The highest BCUT2D eigenvalue weighted by atomic mass is 16.5. The summed E-state index contributed by atoms with van der Waals surface area (Å²) in [5.41, 5.74) is 2.30. The summed E-state index contributed by atoms with van der Waals surface area (Å²) >= 11 is 0. The smallest absolute Gasteiger partial charge is 0.227 e. The van der Waals surface area contributed by atoms with Gasteiger partial charge < -0.3 is 14.5 Å². The van der Waals surface area contributed by atoms with E-state index in [1.54, 1.807) is 0 Å². The Morgan fingerprint density at radius 2 is 1.71 bits per heavy atom. The zero-order chi connectivity index (χ0) is 19.8. The van der Waals surface area contributed by atoms with Crippen molar-refractivity contribution in [2.24, 2.45) is 0 Å². The average molecular weight is 381 g/mol. The van der Waals surface area contributed by atoms with Crippen LogP contribution in [0.2, 0.25) is 0 Å². The van der Waals surface area contributed by atoms with Crippen LogP contribution in [0.15, 0.2) is 54.6 Å². The molecule has 3 rings (SSSR count). The maximum Gasteiger partial charge on any atom is 0.227 e. The zero-order valence-corrected chi connectivity index (χ0v) is 17.1. The van der Waals surface area contributed by atoms with Gasteiger partial charge in [0.2, 0.25) is 5.91 Å². The van der Waals surface area contributed by atoms with Crippen molar-refractivity contribution in [3.8, 4) is 5.75 Å². The second-order valence-corrected chi connectivity index (χ2v) is 7.33. The van der Waals surface area contributed by atoms with E-state index in [-0.39, 0.29) is 11.9 Å². The van der Waals surface area contributed by atoms with Gasteiger partial charge in [-0.05, 0) is 43.9 Å². The molecule has 4 heteroatoms. The monoisotopic (exact) mass is 380 g/mol. The minimum absolute atomic E-state index is 0.176. The van der Waals surface area contributed by atoms with Crippen LogP contribution in [-0.2, 0) is 11.2 Å². The zero-order valence-electron chi connectivity index (χ0n) is 17.1. The molecule has 0 unspecified atom stereocenters. The van der Waals surface area contributed by atoms with Crippen molar-refractivity contribution in [2.75, 3.05) is 31.1 Å². The second-order valence-electron chi connectivity index (χ2n) is 7.33. The molecule has 28 heavy (non-hydrogen) atoms. The maximum atomic E-state index is 12.8. The van der Waals surface area contributed by atoms with Gasteiger partial charge in [-0.3, -0.25) is 4.79 Å². The van der Waals surface area contributed by atoms with Crippen LogP contribution in [0.4, 0.5) is 5.69 Å². The van der Waals surface area contributed by atoms with Gasteiger partial charge in [0.15, 0.2) is 0 Å². The molecule has 4 nitrogen and oxygen atoms in total. The van der Waals surface area contributed by atoms with E-state index in [0.717, 1.165) is 50.3 Å². The van der Waals surface area contributed by atoms with Gasteiger partial charge in [0.1, 0.15) is 5.75 Å². The molecule has 0 saturated carbocycles. The van der Waals surface area contributed by atoms with E-state index in [9.17, 15) is 4.79 Å². The van der Waals surface area contributed by atoms with Gasteiger partial charge in [-0.2, -0.15) is 0 Å². The predicted octanol–water partition coefficient (Wildman–Crippen LogP) is 4.54. The highest BCUT2D eigenvalue weighted by Gasteiger charge is 2.29. The first kappa shape index (κ1) is 20.4. The number of para-hydroxylation sites is 2. The lowest BCUT2D eigenvalue weighted by atomic mass is 10.0. The molecule has 0 spiro atoms. The highest BCUT2D eigenvalue weighted by Crippen LogP contribution is 2.33. The molecule has 1 aliphatic rings. The topological polar surface area (TPSA) is 32.8 Å². The quantitative estimate of drug-likeness (QED) is 0.674. The van der Waals surface area contributed by atoms with Gasteiger partial charge in [0.05, 0.1) is 12.3 Å². The predicted molar refractivity (Wildman–Crippen MR) is 115 cm³/mol. The Labute approximate surface area is 169 Å². The molecule has 0 aromatic heterocycles. The summed E-state index contributed by atoms with van der Waals surface area (Å²) < 4.78 is 5.81. The number of nitrogens with zero attached hydrogens (tertiary/aromatic N) is 2. The summed E-state index contributed by atoms with van der Waals surface area (Å²) in [6.45, 7) is 7.66. The Balaban J connectivity index is 1.65. The summed E-state index contributed by atoms with van der Waals surface area (Å²) in [7, 11) is 0. The fraction of sp³-hybridized carbons (Fsp3) is 0.458. The van der Waals surface area contributed by atoms with Gasteiger partial charge in [-0.1, -0.05) is 49.4 Å². The Bertz CT molecular complexity index is 739. The molecular weight excluding hydrogens is 348 g/mol. The number of hydrogen-bond donors (Lipinski definition) is 0. The van der Waals surface area contributed by atoms with Gasteiger partial charge in [-0.25, -0.2) is 0 Å². The Kier molecular flexibility index (Phi) is 7.49. The summed E-state index contributed by atoms with van der Waals surface area (Å²) in [4.78, 5) is 17.3. The number of rotatable bonds is 8. The molecule has 0 N–H and O–H groups in total. The van der Waals surface area contributed by atoms with Crippen molar-refractivity contribution >= 4 is 11.6 Å².